The van der Waals surface area contributed by atoms with Crippen molar-refractivity contribution in [2.24, 2.45) is 5.41 Å². The molecule has 0 aliphatic carbocycles. The van der Waals surface area contributed by atoms with Gasteiger partial charge in [0.2, 0.25) is 0 Å². The van der Waals surface area contributed by atoms with E-state index < -0.39 is 47.3 Å². The molecule has 38 heavy (non-hydrogen) atoms. The van der Waals surface area contributed by atoms with Crippen LogP contribution in [0, 0.1) is 17.3 Å². The first-order chi connectivity index (χ1) is 17.8. The van der Waals surface area contributed by atoms with Crippen LogP contribution in [0.5, 0.6) is 0 Å². The second kappa shape index (κ2) is 12.1. The van der Waals surface area contributed by atoms with E-state index in [0.29, 0.717) is 10.8 Å². The van der Waals surface area contributed by atoms with Crippen LogP contribution in [0.15, 0.2) is 46.1 Å². The van der Waals surface area contributed by atoms with E-state index in [0.717, 1.165) is 0 Å². The van der Waals surface area contributed by atoms with Gasteiger partial charge in [-0.15, -0.1) is 0 Å². The molecule has 0 N–H and O–H groups in total. The lowest BCUT2D eigenvalue weighted by atomic mass is 9.98. The summed E-state index contributed by atoms with van der Waals surface area (Å²) in [4.78, 5) is 38.9. The quantitative estimate of drug-likeness (QED) is 0.290. The second-order valence-electron chi connectivity index (χ2n) is 9.59. The van der Waals surface area contributed by atoms with Crippen molar-refractivity contribution in [1.29, 1.82) is 0 Å². The molecule has 0 amide bonds. The number of alkyl halides is 3. The van der Waals surface area contributed by atoms with E-state index in [-0.39, 0.29) is 42.0 Å². The van der Waals surface area contributed by atoms with Crippen LogP contribution in [-0.4, -0.2) is 54.4 Å². The van der Waals surface area contributed by atoms with Gasteiger partial charge in [-0.2, -0.15) is 17.7 Å². The third kappa shape index (κ3) is 7.20. The molecule has 3 atom stereocenters. The molecule has 1 aliphatic rings. The zero-order valence-electron chi connectivity index (χ0n) is 21.4. The Hall–Kier alpha value is -3.24. The van der Waals surface area contributed by atoms with E-state index in [2.05, 4.69) is 11.8 Å². The minimum Gasteiger partial charge on any atom is -0.363 e. The van der Waals surface area contributed by atoms with Gasteiger partial charge in [0, 0.05) is 30.7 Å². The number of rotatable bonds is 8. The number of halogens is 3. The highest BCUT2D eigenvalue weighted by molar-refractivity contribution is 5.95. The number of benzene rings is 1. The number of nitrogens with zero attached hydrogens (tertiary/aromatic N) is 2. The number of hydrogen-bond acceptors (Lipinski definition) is 7. The topological polar surface area (TPSA) is 98.0 Å². The fraction of sp³-hybridized carbons (Fsp3) is 0.500. The van der Waals surface area contributed by atoms with E-state index in [9.17, 15) is 27.6 Å². The molecule has 2 heterocycles. The van der Waals surface area contributed by atoms with Crippen LogP contribution in [0.2, 0.25) is 0 Å². The van der Waals surface area contributed by atoms with Crippen molar-refractivity contribution in [1.82, 2.24) is 9.13 Å². The van der Waals surface area contributed by atoms with Crippen LogP contribution in [0.4, 0.5) is 13.2 Å². The number of ether oxygens (including phenoxy) is 4. The predicted molar refractivity (Wildman–Crippen MR) is 129 cm³/mol. The molecular weight excluding hydrogens is 509 g/mol. The Morgan fingerprint density at radius 3 is 2.45 bits per heavy atom. The predicted octanol–water partition coefficient (Wildman–Crippen LogP) is 3.06. The number of carbonyl (C=O) groups is 1. The molecule has 12 heteroatoms. The highest BCUT2D eigenvalue weighted by atomic mass is 19.4. The average Bonchev–Trinajstić information content (AvgIpc) is 3.23. The summed E-state index contributed by atoms with van der Waals surface area (Å²) in [7, 11) is 1.42. The summed E-state index contributed by atoms with van der Waals surface area (Å²) in [6.07, 6.45) is -7.61. The van der Waals surface area contributed by atoms with Crippen LogP contribution < -0.4 is 11.2 Å². The maximum atomic E-state index is 13.8. The van der Waals surface area contributed by atoms with E-state index in [4.69, 9.17) is 18.9 Å². The number of methoxy groups -OCH3 is 1. The Bertz CT molecular complexity index is 1300. The number of aromatic nitrogens is 2. The summed E-state index contributed by atoms with van der Waals surface area (Å²) in [5.41, 5.74) is -5.12. The van der Waals surface area contributed by atoms with Crippen LogP contribution in [-0.2, 0) is 25.1 Å². The van der Waals surface area contributed by atoms with E-state index >= 15 is 0 Å². The lowest BCUT2D eigenvalue weighted by molar-refractivity contribution is -0.140. The van der Waals surface area contributed by atoms with Gasteiger partial charge in [0.1, 0.15) is 31.3 Å². The smallest absolute Gasteiger partial charge is 0.363 e. The van der Waals surface area contributed by atoms with Crippen molar-refractivity contribution in [2.75, 3.05) is 27.1 Å². The fourth-order valence-electron chi connectivity index (χ4n) is 3.76. The maximum Gasteiger partial charge on any atom is 0.423 e. The lowest BCUT2D eigenvalue weighted by Crippen LogP contribution is -2.47. The molecule has 1 saturated heterocycles. The minimum absolute atomic E-state index is 0.00743. The van der Waals surface area contributed by atoms with Crippen molar-refractivity contribution in [3.05, 3.63) is 68.5 Å². The maximum absolute atomic E-state index is 13.8. The van der Waals surface area contributed by atoms with Gasteiger partial charge in [-0.1, -0.05) is 30.0 Å². The van der Waals surface area contributed by atoms with Crippen molar-refractivity contribution in [3.63, 3.8) is 0 Å². The summed E-state index contributed by atoms with van der Waals surface area (Å²) in [6, 6.07) is 7.07. The SMILES string of the molecule is COCOC[C@H]1O[C@@H](n2cc(C(F)(F)F)c(=O)n(C(=O)c3ccccc3)c2=O)C[C@@H]1OCC#CC(C)(C)C. The van der Waals surface area contributed by atoms with Gasteiger partial charge in [0.05, 0.1) is 12.7 Å². The highest BCUT2D eigenvalue weighted by Crippen LogP contribution is 2.32. The van der Waals surface area contributed by atoms with Crippen molar-refractivity contribution < 1.29 is 36.9 Å². The normalized spacial score (nSPS) is 19.7. The Balaban J connectivity index is 2.01. The van der Waals surface area contributed by atoms with Crippen molar-refractivity contribution in [2.45, 2.75) is 51.8 Å². The lowest BCUT2D eigenvalue weighted by Gasteiger charge is -2.19. The second-order valence-corrected chi connectivity index (χ2v) is 9.59. The zero-order valence-corrected chi connectivity index (χ0v) is 21.4. The molecule has 2 aromatic rings. The Kier molecular flexibility index (Phi) is 9.32. The van der Waals surface area contributed by atoms with Gasteiger partial charge >= 0.3 is 11.9 Å². The molecule has 0 unspecified atom stereocenters. The first kappa shape index (κ1) is 29.3. The van der Waals surface area contributed by atoms with Gasteiger partial charge in [-0.05, 0) is 32.9 Å². The third-order valence-corrected chi connectivity index (χ3v) is 5.45. The first-order valence-corrected chi connectivity index (χ1v) is 11.7. The molecule has 206 valence electrons. The molecule has 9 nitrogen and oxygen atoms in total. The highest BCUT2D eigenvalue weighted by Gasteiger charge is 2.41. The standard InChI is InChI=1S/C26H29F3N2O7/c1-25(2,3)11-8-12-37-19-13-21(38-20(19)15-36-16-35-4)30-14-18(26(27,28)29)23(33)31(24(30)34)22(32)17-9-6-5-7-10-17/h5-7,9-10,14,19-21H,12-13,15-16H2,1-4H3/t19-,20+,21+/m0/s1. The van der Waals surface area contributed by atoms with Crippen LogP contribution >= 0.6 is 0 Å². The summed E-state index contributed by atoms with van der Waals surface area (Å²) < 4.78 is 63.8. The Labute approximate surface area is 217 Å². The molecule has 0 bridgehead atoms. The summed E-state index contributed by atoms with van der Waals surface area (Å²) in [5, 5.41) is 0. The van der Waals surface area contributed by atoms with Gasteiger partial charge in [0.25, 0.3) is 11.5 Å². The molecule has 1 aliphatic heterocycles. The van der Waals surface area contributed by atoms with Crippen LogP contribution in [0.3, 0.4) is 0 Å². The van der Waals surface area contributed by atoms with Gasteiger partial charge < -0.3 is 18.9 Å². The van der Waals surface area contributed by atoms with Gasteiger partial charge in [0.15, 0.2) is 0 Å². The first-order valence-electron chi connectivity index (χ1n) is 11.7. The summed E-state index contributed by atoms with van der Waals surface area (Å²) in [6.45, 7) is 5.65. The van der Waals surface area contributed by atoms with Crippen LogP contribution in [0.25, 0.3) is 0 Å². The molecule has 0 radical (unpaired) electrons. The average molecular weight is 539 g/mol. The molecule has 3 rings (SSSR count). The monoisotopic (exact) mass is 538 g/mol. The number of hydrogen-bond donors (Lipinski definition) is 0. The number of carbonyl (C=O) groups excluding carboxylic acids is 1. The third-order valence-electron chi connectivity index (χ3n) is 5.45. The fourth-order valence-corrected chi connectivity index (χ4v) is 3.76. The van der Waals surface area contributed by atoms with Crippen molar-refractivity contribution >= 4 is 5.91 Å². The van der Waals surface area contributed by atoms with Crippen LogP contribution in [0.1, 0.15) is 49.3 Å². The summed E-state index contributed by atoms with van der Waals surface area (Å²) >= 11 is 0. The summed E-state index contributed by atoms with van der Waals surface area (Å²) in [5.74, 6) is 4.70. The van der Waals surface area contributed by atoms with E-state index in [1.54, 1.807) is 6.07 Å². The van der Waals surface area contributed by atoms with Gasteiger partial charge in [-0.25, -0.2) is 4.79 Å². The molecule has 0 saturated carbocycles. The van der Waals surface area contributed by atoms with Crippen molar-refractivity contribution in [3.8, 4) is 11.8 Å². The van der Waals surface area contributed by atoms with Gasteiger partial charge in [-0.3, -0.25) is 14.2 Å². The molecule has 1 aromatic carbocycles. The zero-order chi connectivity index (χ0) is 28.1. The molecule has 0 spiro atoms. The molecular formula is C26H29F3N2O7. The van der Waals surface area contributed by atoms with E-state index in [1.807, 2.05) is 20.8 Å². The Morgan fingerprint density at radius 2 is 1.84 bits per heavy atom. The Morgan fingerprint density at radius 1 is 1.16 bits per heavy atom. The van der Waals surface area contributed by atoms with E-state index in [1.165, 1.54) is 31.4 Å². The largest absolute Gasteiger partial charge is 0.423 e. The molecule has 1 fully saturated rings. The minimum atomic E-state index is -5.14. The molecule has 1 aromatic heterocycles.